The third-order valence-corrected chi connectivity index (χ3v) is 3.12. The van der Waals surface area contributed by atoms with E-state index in [9.17, 15) is 4.79 Å². The van der Waals surface area contributed by atoms with Crippen molar-refractivity contribution in [2.75, 3.05) is 0 Å². The monoisotopic (exact) mass is 196 g/mol. The van der Waals surface area contributed by atoms with Crippen molar-refractivity contribution in [1.82, 2.24) is 0 Å². The molecule has 0 fully saturated rings. The maximum Gasteiger partial charge on any atom is 0.155 e. The van der Waals surface area contributed by atoms with Crippen LogP contribution in [0.4, 0.5) is 0 Å². The Balaban J connectivity index is 4.00. The Labute approximate surface area is 88.6 Å². The molecule has 0 aromatic rings. The second-order valence-electron chi connectivity index (χ2n) is 4.07. The maximum absolute atomic E-state index is 11.2. The van der Waals surface area contributed by atoms with Crippen LogP contribution in [0.15, 0.2) is 12.7 Å². The van der Waals surface area contributed by atoms with Crippen LogP contribution in [-0.4, -0.2) is 5.78 Å². The van der Waals surface area contributed by atoms with Crippen LogP contribution >= 0.6 is 0 Å². The number of hydrogen-bond donors (Lipinski definition) is 0. The SMILES string of the molecule is C=CC(=O)CC(CC)CC(CC)CC. The fraction of sp³-hybridized carbons (Fsp3) is 0.769. The smallest absolute Gasteiger partial charge is 0.155 e. The number of rotatable bonds is 8. The predicted octanol–water partition coefficient (Wildman–Crippen LogP) is 3.98. The highest BCUT2D eigenvalue weighted by Gasteiger charge is 2.14. The Morgan fingerprint density at radius 3 is 2.00 bits per heavy atom. The molecular weight excluding hydrogens is 172 g/mol. The maximum atomic E-state index is 11.2. The first-order valence-electron chi connectivity index (χ1n) is 5.83. The highest BCUT2D eigenvalue weighted by molar-refractivity contribution is 5.89. The first-order valence-corrected chi connectivity index (χ1v) is 5.83. The lowest BCUT2D eigenvalue weighted by molar-refractivity contribution is -0.115. The van der Waals surface area contributed by atoms with Crippen LogP contribution in [0.5, 0.6) is 0 Å². The van der Waals surface area contributed by atoms with Gasteiger partial charge in [-0.25, -0.2) is 0 Å². The van der Waals surface area contributed by atoms with Crippen molar-refractivity contribution in [3.63, 3.8) is 0 Å². The molecular formula is C13H24O. The molecule has 0 N–H and O–H groups in total. The van der Waals surface area contributed by atoms with Gasteiger partial charge in [0, 0.05) is 6.42 Å². The van der Waals surface area contributed by atoms with Gasteiger partial charge in [0.2, 0.25) is 0 Å². The van der Waals surface area contributed by atoms with Gasteiger partial charge in [-0.3, -0.25) is 4.79 Å². The van der Waals surface area contributed by atoms with Crippen LogP contribution in [0.2, 0.25) is 0 Å². The molecule has 1 unspecified atom stereocenters. The topological polar surface area (TPSA) is 17.1 Å². The lowest BCUT2D eigenvalue weighted by Gasteiger charge is -2.19. The first-order chi connectivity index (χ1) is 6.67. The average molecular weight is 196 g/mol. The van der Waals surface area contributed by atoms with Gasteiger partial charge in [-0.1, -0.05) is 46.6 Å². The van der Waals surface area contributed by atoms with E-state index in [4.69, 9.17) is 0 Å². The van der Waals surface area contributed by atoms with E-state index in [1.807, 2.05) is 0 Å². The molecule has 0 spiro atoms. The van der Waals surface area contributed by atoms with Gasteiger partial charge in [-0.05, 0) is 24.3 Å². The lowest BCUT2D eigenvalue weighted by Crippen LogP contribution is -2.11. The van der Waals surface area contributed by atoms with Crippen molar-refractivity contribution in [3.05, 3.63) is 12.7 Å². The number of allylic oxidation sites excluding steroid dienone is 1. The molecule has 1 heteroatoms. The molecule has 0 amide bonds. The van der Waals surface area contributed by atoms with Gasteiger partial charge in [-0.2, -0.15) is 0 Å². The molecule has 0 aromatic heterocycles. The molecule has 0 saturated heterocycles. The molecule has 0 aliphatic carbocycles. The average Bonchev–Trinajstić information content (AvgIpc) is 2.23. The minimum absolute atomic E-state index is 0.197. The zero-order chi connectivity index (χ0) is 11.0. The van der Waals surface area contributed by atoms with E-state index in [2.05, 4.69) is 27.4 Å². The summed E-state index contributed by atoms with van der Waals surface area (Å²) in [6.45, 7) is 10.2. The highest BCUT2D eigenvalue weighted by atomic mass is 16.1. The van der Waals surface area contributed by atoms with Crippen LogP contribution in [-0.2, 0) is 4.79 Å². The third kappa shape index (κ3) is 5.21. The minimum Gasteiger partial charge on any atom is -0.295 e. The quantitative estimate of drug-likeness (QED) is 0.537. The van der Waals surface area contributed by atoms with E-state index < -0.39 is 0 Å². The standard InChI is InChI=1S/C13H24O/c1-5-11(6-2)9-12(7-3)10-13(14)8-4/h8,11-12H,4-7,9-10H2,1-3H3. The van der Waals surface area contributed by atoms with Crippen LogP contribution < -0.4 is 0 Å². The summed E-state index contributed by atoms with van der Waals surface area (Å²) < 4.78 is 0. The normalized spacial score (nSPS) is 12.9. The Bertz CT molecular complexity index is 168. The van der Waals surface area contributed by atoms with E-state index in [1.165, 1.54) is 25.3 Å². The van der Waals surface area contributed by atoms with Gasteiger partial charge < -0.3 is 0 Å². The summed E-state index contributed by atoms with van der Waals surface area (Å²) in [7, 11) is 0. The number of hydrogen-bond acceptors (Lipinski definition) is 1. The van der Waals surface area contributed by atoms with E-state index in [-0.39, 0.29) is 5.78 Å². The minimum atomic E-state index is 0.197. The van der Waals surface area contributed by atoms with Gasteiger partial charge in [0.05, 0.1) is 0 Å². The van der Waals surface area contributed by atoms with Gasteiger partial charge in [0.25, 0.3) is 0 Å². The molecule has 14 heavy (non-hydrogen) atoms. The summed E-state index contributed by atoms with van der Waals surface area (Å²) in [6.07, 6.45) is 6.91. The molecule has 0 rings (SSSR count). The Morgan fingerprint density at radius 2 is 1.64 bits per heavy atom. The molecule has 0 bridgehead atoms. The molecule has 82 valence electrons. The largest absolute Gasteiger partial charge is 0.295 e. The van der Waals surface area contributed by atoms with Gasteiger partial charge in [-0.15, -0.1) is 0 Å². The second-order valence-corrected chi connectivity index (χ2v) is 4.07. The number of ketones is 1. The van der Waals surface area contributed by atoms with Crippen molar-refractivity contribution in [2.45, 2.75) is 52.9 Å². The van der Waals surface area contributed by atoms with Gasteiger partial charge >= 0.3 is 0 Å². The van der Waals surface area contributed by atoms with Crippen LogP contribution in [0, 0.1) is 11.8 Å². The van der Waals surface area contributed by atoms with Crippen molar-refractivity contribution < 1.29 is 4.79 Å². The molecule has 0 saturated carbocycles. The molecule has 0 heterocycles. The Kier molecular flexibility index (Phi) is 7.45. The van der Waals surface area contributed by atoms with Crippen molar-refractivity contribution >= 4 is 5.78 Å². The van der Waals surface area contributed by atoms with E-state index in [1.54, 1.807) is 0 Å². The Hall–Kier alpha value is -0.590. The van der Waals surface area contributed by atoms with E-state index in [0.717, 1.165) is 12.3 Å². The summed E-state index contributed by atoms with van der Waals surface area (Å²) in [5.41, 5.74) is 0. The first kappa shape index (κ1) is 13.4. The molecule has 0 aliphatic heterocycles. The second kappa shape index (κ2) is 7.78. The lowest BCUT2D eigenvalue weighted by atomic mass is 9.86. The molecule has 1 atom stereocenters. The predicted molar refractivity (Wildman–Crippen MR) is 62.3 cm³/mol. The zero-order valence-corrected chi connectivity index (χ0v) is 9.88. The summed E-state index contributed by atoms with van der Waals surface area (Å²) in [6, 6.07) is 0. The summed E-state index contributed by atoms with van der Waals surface area (Å²) >= 11 is 0. The number of carbonyl (C=O) groups is 1. The van der Waals surface area contributed by atoms with Crippen LogP contribution in [0.1, 0.15) is 52.9 Å². The summed E-state index contributed by atoms with van der Waals surface area (Å²) in [4.78, 5) is 11.2. The molecule has 0 aliphatic rings. The van der Waals surface area contributed by atoms with Crippen LogP contribution in [0.3, 0.4) is 0 Å². The molecule has 1 nitrogen and oxygen atoms in total. The third-order valence-electron chi connectivity index (χ3n) is 3.12. The molecule has 0 aromatic carbocycles. The highest BCUT2D eigenvalue weighted by Crippen LogP contribution is 2.23. The van der Waals surface area contributed by atoms with Crippen molar-refractivity contribution in [1.29, 1.82) is 0 Å². The Morgan fingerprint density at radius 1 is 1.14 bits per heavy atom. The summed E-state index contributed by atoms with van der Waals surface area (Å²) in [5, 5.41) is 0. The molecule has 0 radical (unpaired) electrons. The summed E-state index contributed by atoms with van der Waals surface area (Å²) in [5.74, 6) is 1.55. The van der Waals surface area contributed by atoms with E-state index in [0.29, 0.717) is 12.3 Å². The fourth-order valence-corrected chi connectivity index (χ4v) is 1.86. The van der Waals surface area contributed by atoms with E-state index >= 15 is 0 Å². The van der Waals surface area contributed by atoms with Gasteiger partial charge in [0.15, 0.2) is 5.78 Å². The number of carbonyl (C=O) groups excluding carboxylic acids is 1. The van der Waals surface area contributed by atoms with Crippen molar-refractivity contribution in [3.8, 4) is 0 Å². The van der Waals surface area contributed by atoms with Gasteiger partial charge in [0.1, 0.15) is 0 Å². The van der Waals surface area contributed by atoms with Crippen molar-refractivity contribution in [2.24, 2.45) is 11.8 Å². The zero-order valence-electron chi connectivity index (χ0n) is 9.88. The fourth-order valence-electron chi connectivity index (χ4n) is 1.86. The van der Waals surface area contributed by atoms with Crippen LogP contribution in [0.25, 0.3) is 0 Å².